The zero-order chi connectivity index (χ0) is 24.7. The van der Waals surface area contributed by atoms with Crippen molar-refractivity contribution in [2.45, 2.75) is 44.2 Å². The van der Waals surface area contributed by atoms with Crippen LogP contribution in [-0.4, -0.2) is 59.6 Å². The number of carbonyl (C=O) groups excluding carboxylic acids is 5. The van der Waals surface area contributed by atoms with Crippen molar-refractivity contribution in [3.8, 4) is 0 Å². The molecule has 4 aliphatic rings. The fourth-order valence-corrected chi connectivity index (χ4v) is 5.16. The number of nitrogens with one attached hydrogen (secondary N) is 2. The predicted molar refractivity (Wildman–Crippen MR) is 126 cm³/mol. The number of nitrogens with zero attached hydrogens (tertiary/aromatic N) is 2. The van der Waals surface area contributed by atoms with Gasteiger partial charge < -0.3 is 16.0 Å². The summed E-state index contributed by atoms with van der Waals surface area (Å²) in [6.45, 7) is 1.21. The average molecular weight is 478 g/mol. The molecule has 0 aromatic heterocycles. The van der Waals surface area contributed by atoms with Gasteiger partial charge in [-0.3, -0.25) is 34.2 Å². The molecule has 5 rings (SSSR count). The molecule has 2 unspecified atom stereocenters. The lowest BCUT2D eigenvalue weighted by molar-refractivity contribution is -0.136. The second kappa shape index (κ2) is 9.01. The molecule has 3 aliphatic heterocycles. The number of rotatable bonds is 4. The van der Waals surface area contributed by atoms with Crippen LogP contribution in [0.25, 0.3) is 0 Å². The molecule has 10 nitrogen and oxygen atoms in total. The number of anilines is 1. The first-order valence-electron chi connectivity index (χ1n) is 11.9. The third-order valence-electron chi connectivity index (χ3n) is 7.09. The molecule has 35 heavy (non-hydrogen) atoms. The van der Waals surface area contributed by atoms with Crippen molar-refractivity contribution >= 4 is 35.2 Å². The van der Waals surface area contributed by atoms with Crippen LogP contribution in [-0.2, 0) is 14.4 Å². The molecule has 2 saturated heterocycles. The summed E-state index contributed by atoms with van der Waals surface area (Å²) < 4.78 is 0. The lowest BCUT2D eigenvalue weighted by atomic mass is 9.96. The van der Waals surface area contributed by atoms with Crippen LogP contribution < -0.4 is 21.3 Å². The van der Waals surface area contributed by atoms with Gasteiger partial charge in [0.15, 0.2) is 0 Å². The highest BCUT2D eigenvalue weighted by molar-refractivity contribution is 6.25. The van der Waals surface area contributed by atoms with Gasteiger partial charge in [0.1, 0.15) is 6.04 Å². The second-order valence-corrected chi connectivity index (χ2v) is 9.32. The highest BCUT2D eigenvalue weighted by Gasteiger charge is 2.46. The molecule has 0 radical (unpaired) electrons. The molecule has 1 aromatic rings. The molecule has 182 valence electrons. The molecule has 0 saturated carbocycles. The minimum Gasteiger partial charge on any atom is -0.399 e. The monoisotopic (exact) mass is 477 g/mol. The molecule has 2 fully saturated rings. The Bertz CT molecular complexity index is 1180. The van der Waals surface area contributed by atoms with Gasteiger partial charge in [0.25, 0.3) is 11.8 Å². The van der Waals surface area contributed by atoms with E-state index in [1.54, 1.807) is 24.3 Å². The summed E-state index contributed by atoms with van der Waals surface area (Å²) in [4.78, 5) is 65.9. The first kappa shape index (κ1) is 22.8. The number of piperidine rings is 2. The van der Waals surface area contributed by atoms with Crippen molar-refractivity contribution in [1.82, 2.24) is 15.5 Å². The first-order valence-corrected chi connectivity index (χ1v) is 11.9. The van der Waals surface area contributed by atoms with Gasteiger partial charge >= 0.3 is 0 Å². The van der Waals surface area contributed by atoms with Crippen molar-refractivity contribution in [2.24, 2.45) is 11.7 Å². The van der Waals surface area contributed by atoms with E-state index in [1.807, 2.05) is 17.1 Å². The van der Waals surface area contributed by atoms with Crippen LogP contribution in [0.5, 0.6) is 0 Å². The normalized spacial score (nSPS) is 24.9. The van der Waals surface area contributed by atoms with E-state index < -0.39 is 29.7 Å². The van der Waals surface area contributed by atoms with Gasteiger partial charge in [-0.1, -0.05) is 18.2 Å². The fraction of sp³-hybridized carbons (Fsp3) is 0.400. The van der Waals surface area contributed by atoms with E-state index in [-0.39, 0.29) is 36.3 Å². The Morgan fingerprint density at radius 3 is 2.51 bits per heavy atom. The van der Waals surface area contributed by atoms with Gasteiger partial charge in [0, 0.05) is 31.2 Å². The van der Waals surface area contributed by atoms with Gasteiger partial charge in [-0.05, 0) is 43.9 Å². The fourth-order valence-electron chi connectivity index (χ4n) is 5.16. The van der Waals surface area contributed by atoms with E-state index >= 15 is 0 Å². The smallest absolute Gasteiger partial charge is 0.264 e. The molecule has 1 aromatic carbocycles. The molecule has 0 bridgehead atoms. The molecule has 2 atom stereocenters. The van der Waals surface area contributed by atoms with Gasteiger partial charge in [0.05, 0.1) is 22.7 Å². The Labute approximate surface area is 202 Å². The van der Waals surface area contributed by atoms with Crippen molar-refractivity contribution in [3.05, 3.63) is 53.3 Å². The molecule has 10 heteroatoms. The minimum atomic E-state index is -0.993. The van der Waals surface area contributed by atoms with Crippen molar-refractivity contribution in [1.29, 1.82) is 0 Å². The summed E-state index contributed by atoms with van der Waals surface area (Å²) in [7, 11) is 0. The van der Waals surface area contributed by atoms with Crippen LogP contribution in [0, 0.1) is 5.92 Å². The zero-order valence-corrected chi connectivity index (χ0v) is 19.2. The summed E-state index contributed by atoms with van der Waals surface area (Å²) >= 11 is 0. The third-order valence-corrected chi connectivity index (χ3v) is 7.09. The second-order valence-electron chi connectivity index (χ2n) is 9.32. The van der Waals surface area contributed by atoms with Crippen molar-refractivity contribution in [2.75, 3.05) is 18.0 Å². The van der Waals surface area contributed by atoms with E-state index in [9.17, 15) is 24.0 Å². The Balaban J connectivity index is 1.26. The maximum Gasteiger partial charge on any atom is 0.264 e. The highest BCUT2D eigenvalue weighted by atomic mass is 16.2. The minimum absolute atomic E-state index is 0.0180. The summed E-state index contributed by atoms with van der Waals surface area (Å²) in [6.07, 6.45) is 7.60. The third kappa shape index (κ3) is 4.20. The van der Waals surface area contributed by atoms with Crippen molar-refractivity contribution in [3.63, 3.8) is 0 Å². The lowest BCUT2D eigenvalue weighted by Gasteiger charge is -2.35. The molecule has 4 N–H and O–H groups in total. The number of nitrogens with two attached hydrogens (primary N) is 1. The van der Waals surface area contributed by atoms with E-state index in [0.717, 1.165) is 4.90 Å². The number of hydrogen-bond acceptors (Lipinski definition) is 7. The maximum atomic E-state index is 13.3. The highest BCUT2D eigenvalue weighted by Crippen LogP contribution is 2.35. The molecule has 3 heterocycles. The topological polar surface area (TPSA) is 142 Å². The summed E-state index contributed by atoms with van der Waals surface area (Å²) in [5, 5.41) is 5.33. The molecule has 1 aliphatic carbocycles. The van der Waals surface area contributed by atoms with E-state index in [0.29, 0.717) is 49.3 Å². The van der Waals surface area contributed by atoms with Gasteiger partial charge in [-0.15, -0.1) is 0 Å². The number of amides is 5. The predicted octanol–water partition coefficient (Wildman–Crippen LogP) is 0.592. The number of carbonyl (C=O) groups is 5. The Kier molecular flexibility index (Phi) is 5.88. The Hall–Kier alpha value is -3.95. The van der Waals surface area contributed by atoms with Crippen LogP contribution in [0.3, 0.4) is 0 Å². The first-order chi connectivity index (χ1) is 16.8. The van der Waals surface area contributed by atoms with E-state index in [1.165, 1.54) is 0 Å². The summed E-state index contributed by atoms with van der Waals surface area (Å²) in [5.74, 6) is -2.30. The zero-order valence-electron chi connectivity index (χ0n) is 19.2. The number of allylic oxidation sites excluding steroid dienone is 2. The Morgan fingerprint density at radius 2 is 1.83 bits per heavy atom. The lowest BCUT2D eigenvalue weighted by Crippen LogP contribution is -2.54. The molecule has 5 amide bonds. The molecular weight excluding hydrogens is 450 g/mol. The van der Waals surface area contributed by atoms with Gasteiger partial charge in [-0.25, -0.2) is 0 Å². The van der Waals surface area contributed by atoms with Crippen LogP contribution in [0.2, 0.25) is 0 Å². The number of fused-ring (bicyclic) bond motifs is 1. The number of benzene rings is 1. The van der Waals surface area contributed by atoms with Crippen LogP contribution >= 0.6 is 0 Å². The average Bonchev–Trinajstić information content (AvgIpc) is 3.10. The van der Waals surface area contributed by atoms with E-state index in [2.05, 4.69) is 10.6 Å². The van der Waals surface area contributed by atoms with Crippen LogP contribution in [0.4, 0.5) is 5.69 Å². The number of hydrogen-bond donors (Lipinski definition) is 3. The van der Waals surface area contributed by atoms with Crippen molar-refractivity contribution < 1.29 is 24.0 Å². The SMILES string of the molecule is NC1=CCC(C(=O)NC2CCN(c3cccc4c3C(=O)N(C3CCC(=O)NC3=O)C4=O)CC2)C=C1. The molecule has 0 spiro atoms. The summed E-state index contributed by atoms with van der Waals surface area (Å²) in [6, 6.07) is 4.16. The number of imide groups is 2. The quantitative estimate of drug-likeness (QED) is 0.539. The van der Waals surface area contributed by atoms with E-state index in [4.69, 9.17) is 5.73 Å². The van der Waals surface area contributed by atoms with Gasteiger partial charge in [-0.2, -0.15) is 0 Å². The van der Waals surface area contributed by atoms with Crippen LogP contribution in [0.1, 0.15) is 52.8 Å². The molecular formula is C25H27N5O5. The van der Waals surface area contributed by atoms with Gasteiger partial charge in [0.2, 0.25) is 17.7 Å². The standard InChI is InChI=1S/C25H27N5O5/c26-15-6-4-14(5-7-15)22(32)27-16-10-12-29(13-11-16)18-3-1-2-17-21(18)25(35)30(24(17)34)19-8-9-20(31)28-23(19)33/h1-4,6-7,14,16,19H,5,8-13,26H2,(H,27,32)(H,28,31,33). The largest absolute Gasteiger partial charge is 0.399 e. The summed E-state index contributed by atoms with van der Waals surface area (Å²) in [5.41, 5.74) is 7.61. The maximum absolute atomic E-state index is 13.3. The Morgan fingerprint density at radius 1 is 1.06 bits per heavy atom. The van der Waals surface area contributed by atoms with Crippen LogP contribution in [0.15, 0.2) is 42.1 Å².